The Morgan fingerprint density at radius 1 is 1.08 bits per heavy atom. The molecule has 1 heterocycles. The average molecular weight is 498 g/mol. The smallest absolute Gasteiger partial charge is 0.245 e. The second-order valence-corrected chi connectivity index (χ2v) is 8.63. The van der Waals surface area contributed by atoms with Crippen molar-refractivity contribution in [1.82, 2.24) is 15.2 Å². The van der Waals surface area contributed by atoms with E-state index in [-0.39, 0.29) is 5.91 Å². The van der Waals surface area contributed by atoms with Gasteiger partial charge >= 0.3 is 0 Å². The summed E-state index contributed by atoms with van der Waals surface area (Å²) >= 11 is 0. The molecule has 0 atom stereocenters. The summed E-state index contributed by atoms with van der Waals surface area (Å²) in [5, 5.41) is 11.0. The van der Waals surface area contributed by atoms with E-state index in [1.54, 1.807) is 26.2 Å². The first-order valence-corrected chi connectivity index (χ1v) is 12.3. The summed E-state index contributed by atoms with van der Waals surface area (Å²) in [5.74, 6) is 0.501. The predicted molar refractivity (Wildman–Crippen MR) is 152 cm³/mol. The Hall–Kier alpha value is -4.23. The summed E-state index contributed by atoms with van der Waals surface area (Å²) in [7, 11) is 3.44. The fraction of sp³-hybridized carbons (Fsp3) is 0.233. The normalized spacial score (nSPS) is 11.8. The van der Waals surface area contributed by atoms with E-state index in [0.717, 1.165) is 28.7 Å². The molecule has 0 fully saturated rings. The summed E-state index contributed by atoms with van der Waals surface area (Å²) in [4.78, 5) is 17.6. The number of anilines is 1. The fourth-order valence-electron chi connectivity index (χ4n) is 3.87. The molecular weight excluding hydrogens is 462 g/mol. The second-order valence-electron chi connectivity index (χ2n) is 8.63. The van der Waals surface area contributed by atoms with Crippen LogP contribution in [0.3, 0.4) is 0 Å². The third-order valence-corrected chi connectivity index (χ3v) is 5.83. The maximum Gasteiger partial charge on any atom is 0.245 e. The lowest BCUT2D eigenvalue weighted by Gasteiger charge is -2.17. The quantitative estimate of drug-likeness (QED) is 0.111. The average Bonchev–Trinajstić information content (AvgIpc) is 2.92. The number of hydrogen-bond donors (Lipinski definition) is 3. The highest BCUT2D eigenvalue weighted by atomic mass is 16.5. The molecule has 3 aromatic rings. The van der Waals surface area contributed by atoms with E-state index in [1.807, 2.05) is 54.7 Å². The number of amides is 1. The van der Waals surface area contributed by atoms with Crippen molar-refractivity contribution in [2.75, 3.05) is 39.5 Å². The Labute approximate surface area is 219 Å². The van der Waals surface area contributed by atoms with Gasteiger partial charge in [0.2, 0.25) is 11.8 Å². The van der Waals surface area contributed by atoms with Gasteiger partial charge in [-0.2, -0.15) is 0 Å². The summed E-state index contributed by atoms with van der Waals surface area (Å²) in [6.07, 6.45) is 7.27. The molecular formula is C30H35N5O2. The Bertz CT molecular complexity index is 1250. The molecule has 0 unspecified atom stereocenters. The molecule has 0 aliphatic rings. The highest BCUT2D eigenvalue weighted by molar-refractivity contribution is 6.00. The largest absolute Gasteiger partial charge is 0.476 e. The number of allylic oxidation sites excluding steroid dienone is 1. The summed E-state index contributed by atoms with van der Waals surface area (Å²) in [5.41, 5.74) is 12.6. The van der Waals surface area contributed by atoms with Crippen LogP contribution >= 0.6 is 0 Å². The van der Waals surface area contributed by atoms with E-state index in [4.69, 9.17) is 15.9 Å². The van der Waals surface area contributed by atoms with E-state index >= 15 is 0 Å². The van der Waals surface area contributed by atoms with Crippen LogP contribution in [0.2, 0.25) is 0 Å². The number of pyridine rings is 1. The van der Waals surface area contributed by atoms with Crippen molar-refractivity contribution in [2.24, 2.45) is 0 Å². The maximum absolute atomic E-state index is 11.5. The number of hydrogen-bond acceptors (Lipinski definition) is 6. The number of rotatable bonds is 12. The number of nitrogens with two attached hydrogens (primary N) is 1. The minimum atomic E-state index is -0.0396. The molecule has 1 aromatic heterocycles. The van der Waals surface area contributed by atoms with Gasteiger partial charge in [-0.15, -0.1) is 0 Å². The van der Waals surface area contributed by atoms with E-state index in [0.29, 0.717) is 36.8 Å². The molecule has 0 radical (unpaired) electrons. The summed E-state index contributed by atoms with van der Waals surface area (Å²) in [6.45, 7) is 3.80. The van der Waals surface area contributed by atoms with Crippen LogP contribution in [0, 0.1) is 5.41 Å². The van der Waals surface area contributed by atoms with Crippen molar-refractivity contribution < 1.29 is 9.53 Å². The number of benzene rings is 2. The topological polar surface area (TPSA) is 104 Å². The van der Waals surface area contributed by atoms with Crippen LogP contribution in [0.5, 0.6) is 5.88 Å². The molecule has 7 heteroatoms. The number of likely N-dealkylation sites (N-methyl/N-ethyl adjacent to an activating group) is 1. The van der Waals surface area contributed by atoms with Crippen LogP contribution in [-0.2, 0) is 4.79 Å². The highest BCUT2D eigenvalue weighted by Crippen LogP contribution is 2.35. The van der Waals surface area contributed by atoms with Crippen molar-refractivity contribution in [3.05, 3.63) is 101 Å². The SMILES string of the molecule is CC/C(=C(/c1ccc(OCCNC/C=C/C(=O)N(C)C)nc1)c1ccc(N)c(C=N)c1)c1ccccc1. The zero-order valence-corrected chi connectivity index (χ0v) is 21.7. The zero-order valence-electron chi connectivity index (χ0n) is 21.7. The van der Waals surface area contributed by atoms with Gasteiger partial charge in [-0.3, -0.25) is 4.79 Å². The van der Waals surface area contributed by atoms with Gasteiger partial charge in [0, 0.05) is 68.6 Å². The van der Waals surface area contributed by atoms with Gasteiger partial charge < -0.3 is 26.1 Å². The molecule has 37 heavy (non-hydrogen) atoms. The number of nitrogen functional groups attached to an aromatic ring is 1. The molecule has 7 nitrogen and oxygen atoms in total. The second kappa shape index (κ2) is 13.8. The van der Waals surface area contributed by atoms with E-state index in [9.17, 15) is 4.79 Å². The first-order valence-electron chi connectivity index (χ1n) is 12.3. The van der Waals surface area contributed by atoms with E-state index < -0.39 is 0 Å². The van der Waals surface area contributed by atoms with Crippen LogP contribution in [0.15, 0.2) is 79.0 Å². The first kappa shape index (κ1) is 27.4. The van der Waals surface area contributed by atoms with Crippen LogP contribution in [0.1, 0.15) is 35.6 Å². The lowest BCUT2D eigenvalue weighted by molar-refractivity contribution is -0.123. The highest BCUT2D eigenvalue weighted by Gasteiger charge is 2.15. The van der Waals surface area contributed by atoms with Gasteiger partial charge in [0.1, 0.15) is 6.61 Å². The molecule has 0 bridgehead atoms. The van der Waals surface area contributed by atoms with Gasteiger partial charge in [-0.05, 0) is 46.9 Å². The van der Waals surface area contributed by atoms with Crippen molar-refractivity contribution in [3.63, 3.8) is 0 Å². The molecule has 1 amide bonds. The molecule has 0 aliphatic heterocycles. The molecule has 0 saturated heterocycles. The number of nitrogens with zero attached hydrogens (tertiary/aromatic N) is 2. The lowest BCUT2D eigenvalue weighted by atomic mass is 9.88. The van der Waals surface area contributed by atoms with Crippen molar-refractivity contribution in [2.45, 2.75) is 13.3 Å². The van der Waals surface area contributed by atoms with Gasteiger partial charge in [0.15, 0.2) is 0 Å². The van der Waals surface area contributed by atoms with Crippen LogP contribution in [0.25, 0.3) is 11.1 Å². The van der Waals surface area contributed by atoms with Crippen molar-refractivity contribution in [3.8, 4) is 5.88 Å². The number of carbonyl (C=O) groups excluding carboxylic acids is 1. The standard InChI is InChI=1S/C30H35N5O2/c1-4-26(22-9-6-5-7-10-22)30(23-12-14-27(32)25(19-23)20-31)24-13-15-28(34-21-24)37-18-17-33-16-8-11-29(36)35(2)3/h5-15,19-21,31,33H,4,16-18,32H2,1-3H3/b11-8+,30-26-,31-20?. The number of nitrogens with one attached hydrogen (secondary N) is 2. The Kier molecular flexibility index (Phi) is 10.2. The molecule has 2 aromatic carbocycles. The zero-order chi connectivity index (χ0) is 26.6. The van der Waals surface area contributed by atoms with Crippen LogP contribution < -0.4 is 15.8 Å². The molecule has 0 spiro atoms. The number of aromatic nitrogens is 1. The van der Waals surface area contributed by atoms with Crippen molar-refractivity contribution >= 4 is 29.0 Å². The van der Waals surface area contributed by atoms with Gasteiger partial charge in [-0.1, -0.05) is 49.4 Å². The van der Waals surface area contributed by atoms with Gasteiger partial charge in [0.05, 0.1) is 0 Å². The molecule has 4 N–H and O–H groups in total. The molecule has 0 saturated carbocycles. The fourth-order valence-corrected chi connectivity index (χ4v) is 3.87. The maximum atomic E-state index is 11.5. The minimum absolute atomic E-state index is 0.0396. The Morgan fingerprint density at radius 2 is 1.84 bits per heavy atom. The monoisotopic (exact) mass is 497 g/mol. The summed E-state index contributed by atoms with van der Waals surface area (Å²) < 4.78 is 5.80. The Balaban J connectivity index is 1.78. The summed E-state index contributed by atoms with van der Waals surface area (Å²) in [6, 6.07) is 20.0. The van der Waals surface area contributed by atoms with Gasteiger partial charge in [0.25, 0.3) is 0 Å². The molecule has 192 valence electrons. The lowest BCUT2D eigenvalue weighted by Crippen LogP contribution is -2.22. The predicted octanol–water partition coefficient (Wildman–Crippen LogP) is 4.64. The third-order valence-electron chi connectivity index (χ3n) is 5.83. The first-order chi connectivity index (χ1) is 17.9. The molecule has 3 rings (SSSR count). The number of carbonyl (C=O) groups is 1. The number of ether oxygens (including phenoxy) is 1. The van der Waals surface area contributed by atoms with Gasteiger partial charge in [-0.25, -0.2) is 4.98 Å². The van der Waals surface area contributed by atoms with E-state index in [2.05, 4.69) is 29.4 Å². The molecule has 0 aliphatic carbocycles. The van der Waals surface area contributed by atoms with Crippen molar-refractivity contribution in [1.29, 1.82) is 5.41 Å². The van der Waals surface area contributed by atoms with Crippen LogP contribution in [0.4, 0.5) is 5.69 Å². The third kappa shape index (κ3) is 7.62. The minimum Gasteiger partial charge on any atom is -0.476 e. The van der Waals surface area contributed by atoms with E-state index in [1.165, 1.54) is 16.7 Å². The van der Waals surface area contributed by atoms with Crippen LogP contribution in [-0.4, -0.2) is 55.8 Å². The Morgan fingerprint density at radius 3 is 2.49 bits per heavy atom.